The molecule has 2 saturated carbocycles. The molecule has 4 atom stereocenters. The largest absolute Gasteiger partial charge is 1.00 e. The minimum absolute atomic E-state index is 0. The summed E-state index contributed by atoms with van der Waals surface area (Å²) < 4.78 is 0. The van der Waals surface area contributed by atoms with Crippen LogP contribution < -0.4 is 56.5 Å². The van der Waals surface area contributed by atoms with Crippen LogP contribution in [0.1, 0.15) is 27.7 Å². The number of aliphatic hydroxyl groups excluding tert-OH is 1. The van der Waals surface area contributed by atoms with Gasteiger partial charge in [-0.05, 0) is 13.8 Å². The van der Waals surface area contributed by atoms with Crippen LogP contribution in [0, 0.1) is 10.8 Å². The van der Waals surface area contributed by atoms with Gasteiger partial charge >= 0.3 is 51.4 Å². The first-order valence-corrected chi connectivity index (χ1v) is 5.87. The molecule has 8 heteroatoms. The second-order valence-corrected chi connectivity index (χ2v) is 6.49. The van der Waals surface area contributed by atoms with Crippen molar-refractivity contribution in [3.63, 3.8) is 0 Å². The number of aliphatic carboxylic acids is 1. The Morgan fingerprint density at radius 2 is 1.50 bits per heavy atom. The van der Waals surface area contributed by atoms with Crippen LogP contribution in [0.15, 0.2) is 0 Å². The van der Waals surface area contributed by atoms with Gasteiger partial charge in [-0.1, -0.05) is 13.8 Å². The van der Waals surface area contributed by atoms with Gasteiger partial charge in [0.2, 0.25) is 0 Å². The van der Waals surface area contributed by atoms with Gasteiger partial charge < -0.3 is 30.3 Å². The molecule has 2 fully saturated rings. The van der Waals surface area contributed by atoms with Crippen molar-refractivity contribution in [2.45, 2.75) is 50.6 Å². The van der Waals surface area contributed by atoms with E-state index < -0.39 is 45.5 Å². The number of hydrogen-bond acceptors (Lipinski definition) is 7. The van der Waals surface area contributed by atoms with E-state index in [1.54, 1.807) is 0 Å². The SMILES string of the molecule is CC1(C)C(=O)[C@]1(O)[C@]1(O)C(C)(C)[C@]1(O)[C@H](O)C(=O)[O-].[K+]. The first-order chi connectivity index (χ1) is 8.26. The van der Waals surface area contributed by atoms with Crippen molar-refractivity contribution in [2.24, 2.45) is 10.8 Å². The molecule has 0 aromatic rings. The van der Waals surface area contributed by atoms with Crippen LogP contribution in [0.5, 0.6) is 0 Å². The van der Waals surface area contributed by atoms with Gasteiger partial charge in [-0.15, -0.1) is 0 Å². The zero-order valence-electron chi connectivity index (χ0n) is 12.1. The standard InChI is InChI=1S/C12H18O7.K/c1-8(2)7(16)11(8,18)12(19)9(3,4)10(12,17)5(13)6(14)15;/h5,13,17-19H,1-4H3,(H,14,15);/q;+1/p-1/t5-,10-,11-,12+;/m1./s1. The van der Waals surface area contributed by atoms with E-state index in [1.807, 2.05) is 0 Å². The van der Waals surface area contributed by atoms with Crippen LogP contribution in [0.25, 0.3) is 0 Å². The molecule has 0 amide bonds. The van der Waals surface area contributed by atoms with Crippen molar-refractivity contribution in [3.8, 4) is 0 Å². The number of carbonyl (C=O) groups excluding carboxylic acids is 2. The van der Waals surface area contributed by atoms with Gasteiger partial charge in [0.25, 0.3) is 0 Å². The maximum absolute atomic E-state index is 11.8. The van der Waals surface area contributed by atoms with E-state index in [9.17, 15) is 35.1 Å². The number of rotatable bonds is 3. The van der Waals surface area contributed by atoms with Crippen LogP contribution >= 0.6 is 0 Å². The van der Waals surface area contributed by atoms with Gasteiger partial charge in [-0.3, -0.25) is 4.79 Å². The summed E-state index contributed by atoms with van der Waals surface area (Å²) in [6.07, 6.45) is -2.42. The van der Waals surface area contributed by atoms with Gasteiger partial charge in [0.05, 0.1) is 11.4 Å². The second-order valence-electron chi connectivity index (χ2n) is 6.49. The van der Waals surface area contributed by atoms with E-state index >= 15 is 0 Å². The maximum atomic E-state index is 11.8. The topological polar surface area (TPSA) is 138 Å². The summed E-state index contributed by atoms with van der Waals surface area (Å²) in [6, 6.07) is 0. The first kappa shape index (κ1) is 18.7. The number of carboxylic acid groups (broad SMARTS) is 1. The van der Waals surface area contributed by atoms with Crippen molar-refractivity contribution < 1.29 is 86.5 Å². The van der Waals surface area contributed by atoms with Crippen LogP contribution in [0.4, 0.5) is 0 Å². The fraction of sp³-hybridized carbons (Fsp3) is 0.833. The van der Waals surface area contributed by atoms with E-state index in [2.05, 4.69) is 0 Å². The van der Waals surface area contributed by atoms with Crippen LogP contribution in [-0.2, 0) is 9.59 Å². The number of carbonyl (C=O) groups is 2. The van der Waals surface area contributed by atoms with E-state index in [4.69, 9.17) is 0 Å². The molecule has 108 valence electrons. The Kier molecular flexibility index (Phi) is 4.04. The van der Waals surface area contributed by atoms with Crippen molar-refractivity contribution >= 4 is 11.8 Å². The number of aliphatic hydroxyl groups is 4. The molecular formula is C12H17KO7. The minimum Gasteiger partial charge on any atom is -0.547 e. The molecule has 2 aliphatic carbocycles. The van der Waals surface area contributed by atoms with Gasteiger partial charge in [-0.2, -0.15) is 0 Å². The van der Waals surface area contributed by atoms with E-state index in [1.165, 1.54) is 27.7 Å². The average Bonchev–Trinajstić information content (AvgIpc) is 2.86. The van der Waals surface area contributed by atoms with Crippen molar-refractivity contribution in [2.75, 3.05) is 0 Å². The quantitative estimate of drug-likeness (QED) is 0.380. The summed E-state index contributed by atoms with van der Waals surface area (Å²) >= 11 is 0. The molecule has 0 unspecified atom stereocenters. The molecule has 4 N–H and O–H groups in total. The summed E-state index contributed by atoms with van der Waals surface area (Å²) in [6.45, 7) is 5.26. The van der Waals surface area contributed by atoms with Crippen LogP contribution in [-0.4, -0.2) is 55.1 Å². The Morgan fingerprint density at radius 1 is 1.15 bits per heavy atom. The number of hydrogen-bond donors (Lipinski definition) is 4. The van der Waals surface area contributed by atoms with Crippen molar-refractivity contribution in [3.05, 3.63) is 0 Å². The zero-order valence-corrected chi connectivity index (χ0v) is 15.2. The monoisotopic (exact) mass is 312 g/mol. The Hall–Kier alpha value is 0.616. The summed E-state index contributed by atoms with van der Waals surface area (Å²) in [5.41, 5.74) is -10.2. The summed E-state index contributed by atoms with van der Waals surface area (Å²) in [5.74, 6) is -2.70. The molecule has 0 aliphatic heterocycles. The van der Waals surface area contributed by atoms with Crippen LogP contribution in [0.3, 0.4) is 0 Å². The third-order valence-corrected chi connectivity index (χ3v) is 5.23. The van der Waals surface area contributed by atoms with Crippen molar-refractivity contribution in [1.29, 1.82) is 0 Å². The van der Waals surface area contributed by atoms with E-state index in [0.29, 0.717) is 0 Å². The molecule has 0 bridgehead atoms. The Bertz CT molecular complexity index is 502. The van der Waals surface area contributed by atoms with E-state index in [-0.39, 0.29) is 51.4 Å². The van der Waals surface area contributed by atoms with E-state index in [0.717, 1.165) is 0 Å². The zero-order chi connectivity index (χ0) is 15.2. The third-order valence-electron chi connectivity index (χ3n) is 5.23. The number of Topliss-reactive ketones (excluding diaryl/α,β-unsaturated/α-hetero) is 1. The molecule has 0 spiro atoms. The summed E-state index contributed by atoms with van der Waals surface area (Å²) in [4.78, 5) is 22.5. The Morgan fingerprint density at radius 3 is 1.75 bits per heavy atom. The Balaban J connectivity index is 0.00000200. The molecule has 2 aliphatic rings. The number of carboxylic acids is 1. The maximum Gasteiger partial charge on any atom is 1.00 e. The molecule has 2 rings (SSSR count). The predicted molar refractivity (Wildman–Crippen MR) is 58.4 cm³/mol. The summed E-state index contributed by atoms with van der Waals surface area (Å²) in [5, 5.41) is 51.5. The molecular weight excluding hydrogens is 295 g/mol. The smallest absolute Gasteiger partial charge is 0.547 e. The molecule has 0 aromatic heterocycles. The van der Waals surface area contributed by atoms with Gasteiger partial charge in [0, 0.05) is 5.41 Å². The Labute approximate surface area is 158 Å². The van der Waals surface area contributed by atoms with Gasteiger partial charge in [-0.25, -0.2) is 0 Å². The van der Waals surface area contributed by atoms with Crippen molar-refractivity contribution in [1.82, 2.24) is 0 Å². The minimum atomic E-state index is -2.56. The summed E-state index contributed by atoms with van der Waals surface area (Å²) in [7, 11) is 0. The predicted octanol–water partition coefficient (Wildman–Crippen LogP) is -6.06. The van der Waals surface area contributed by atoms with Gasteiger partial charge in [0.15, 0.2) is 11.4 Å². The molecule has 20 heavy (non-hydrogen) atoms. The molecule has 0 heterocycles. The number of ketones is 1. The van der Waals surface area contributed by atoms with Gasteiger partial charge in [0.1, 0.15) is 17.3 Å². The molecule has 0 aromatic carbocycles. The fourth-order valence-corrected chi connectivity index (χ4v) is 3.51. The molecule has 7 nitrogen and oxygen atoms in total. The average molecular weight is 312 g/mol. The normalized spacial score (nSPS) is 45.3. The van der Waals surface area contributed by atoms with Crippen LogP contribution in [0.2, 0.25) is 0 Å². The first-order valence-electron chi connectivity index (χ1n) is 5.87. The fourth-order valence-electron chi connectivity index (χ4n) is 3.51. The second kappa shape index (κ2) is 4.33. The molecule has 0 saturated heterocycles. The molecule has 0 radical (unpaired) electrons. The third kappa shape index (κ3) is 1.43.